The van der Waals surface area contributed by atoms with E-state index in [4.69, 9.17) is 9.47 Å². The van der Waals surface area contributed by atoms with Gasteiger partial charge in [0.25, 0.3) is 10.0 Å². The molecule has 4 bridgehead atoms. The number of hydrogen-bond acceptors (Lipinski definition) is 7. The predicted octanol–water partition coefficient (Wildman–Crippen LogP) is 4.86. The van der Waals surface area contributed by atoms with Crippen LogP contribution in [0.4, 0.5) is 5.95 Å². The van der Waals surface area contributed by atoms with Crippen molar-refractivity contribution >= 4 is 16.0 Å². The number of anilines is 1. The summed E-state index contributed by atoms with van der Waals surface area (Å²) in [6.45, 7) is 9.40. The summed E-state index contributed by atoms with van der Waals surface area (Å²) in [6, 6.07) is 15.2. The fourth-order valence-corrected chi connectivity index (χ4v) is 7.49. The molecule has 1 N–H and O–H groups in total. The highest BCUT2D eigenvalue weighted by Gasteiger charge is 2.32. The summed E-state index contributed by atoms with van der Waals surface area (Å²) in [5, 5.41) is 0. The highest BCUT2D eigenvalue weighted by molar-refractivity contribution is 7.92. The van der Waals surface area contributed by atoms with Crippen LogP contribution in [0.2, 0.25) is 0 Å². The van der Waals surface area contributed by atoms with Gasteiger partial charge in [0.2, 0.25) is 11.8 Å². The molecule has 2 saturated heterocycles. The van der Waals surface area contributed by atoms with Crippen molar-refractivity contribution in [2.24, 2.45) is 17.8 Å². The number of nitrogens with zero attached hydrogens (tertiary/aromatic N) is 3. The smallest absolute Gasteiger partial charge is 0.264 e. The molecule has 2 aromatic carbocycles. The SMILES string of the molecule is Cc1cccc(C)c1-c1cc2nc(n1)NS(=O)(=O)c1cccc(c1)CC1CCN(CC3CCOCC3)CC1CO2. The molecule has 0 amide bonds. The standard InChI is InChI=1S/C31H38N4O4S/c1-21-5-3-6-22(2)30(21)28-17-29-33-31(32-28)34-40(36,37)27-8-4-7-24(16-27)15-25-9-12-35(19-26(25)20-39-29)18-23-10-13-38-14-11-23/h3-8,16-17,23,25-26H,9-15,18-20H2,1-2H3,(H,32,33,34). The summed E-state index contributed by atoms with van der Waals surface area (Å²) in [7, 11) is -3.88. The van der Waals surface area contributed by atoms with Gasteiger partial charge in [-0.1, -0.05) is 30.3 Å². The highest BCUT2D eigenvalue weighted by Crippen LogP contribution is 2.33. The van der Waals surface area contributed by atoms with Gasteiger partial charge in [-0.25, -0.2) is 18.1 Å². The topological polar surface area (TPSA) is 93.7 Å². The lowest BCUT2D eigenvalue weighted by molar-refractivity contribution is 0.0296. The summed E-state index contributed by atoms with van der Waals surface area (Å²) in [5.41, 5.74) is 4.74. The number of nitrogens with one attached hydrogen (secondary N) is 1. The zero-order valence-electron chi connectivity index (χ0n) is 23.3. The molecule has 2 fully saturated rings. The van der Waals surface area contributed by atoms with Crippen LogP contribution in [-0.4, -0.2) is 62.7 Å². The van der Waals surface area contributed by atoms with E-state index in [0.717, 1.165) is 80.8 Å². The first kappa shape index (κ1) is 27.2. The fourth-order valence-electron chi connectivity index (χ4n) is 6.48. The number of rotatable bonds is 3. The van der Waals surface area contributed by atoms with Crippen LogP contribution in [0.25, 0.3) is 11.3 Å². The maximum absolute atomic E-state index is 13.4. The Balaban J connectivity index is 1.36. The molecular weight excluding hydrogens is 524 g/mol. The Morgan fingerprint density at radius 2 is 1.75 bits per heavy atom. The molecule has 3 aliphatic rings. The Hall–Kier alpha value is -3.01. The number of sulfonamides is 1. The van der Waals surface area contributed by atoms with Crippen molar-refractivity contribution < 1.29 is 17.9 Å². The third kappa shape index (κ3) is 6.01. The molecule has 40 heavy (non-hydrogen) atoms. The number of aromatic nitrogens is 2. The Morgan fingerprint density at radius 1 is 0.975 bits per heavy atom. The first-order valence-electron chi connectivity index (χ1n) is 14.3. The van der Waals surface area contributed by atoms with Gasteiger partial charge in [-0.2, -0.15) is 4.98 Å². The molecule has 3 aromatic rings. The van der Waals surface area contributed by atoms with Crippen LogP contribution in [0.15, 0.2) is 53.4 Å². The van der Waals surface area contributed by atoms with Crippen LogP contribution in [0.3, 0.4) is 0 Å². The van der Waals surface area contributed by atoms with Crippen LogP contribution < -0.4 is 9.46 Å². The zero-order valence-corrected chi connectivity index (χ0v) is 24.1. The van der Waals surface area contributed by atoms with E-state index in [2.05, 4.69) is 19.6 Å². The minimum atomic E-state index is -3.88. The van der Waals surface area contributed by atoms with E-state index in [-0.39, 0.29) is 10.8 Å². The lowest BCUT2D eigenvalue weighted by Crippen LogP contribution is -2.45. The third-order valence-corrected chi connectivity index (χ3v) is 9.98. The van der Waals surface area contributed by atoms with Gasteiger partial charge in [0.15, 0.2) is 0 Å². The second-order valence-corrected chi connectivity index (χ2v) is 13.3. The number of fused-ring (bicyclic) bond motifs is 5. The van der Waals surface area contributed by atoms with Gasteiger partial charge in [0.1, 0.15) is 0 Å². The normalized spacial score (nSPS) is 23.4. The summed E-state index contributed by atoms with van der Waals surface area (Å²) in [4.78, 5) is 12.0. The lowest BCUT2D eigenvalue weighted by Gasteiger charge is -2.40. The molecule has 212 valence electrons. The van der Waals surface area contributed by atoms with E-state index in [1.54, 1.807) is 12.1 Å². The molecule has 8 nitrogen and oxygen atoms in total. The van der Waals surface area contributed by atoms with Gasteiger partial charge in [0, 0.05) is 43.9 Å². The average Bonchev–Trinajstić information content (AvgIpc) is 2.93. The van der Waals surface area contributed by atoms with Crippen LogP contribution >= 0.6 is 0 Å². The average molecular weight is 563 g/mol. The molecule has 3 aliphatic heterocycles. The Kier molecular flexibility index (Phi) is 7.79. The van der Waals surface area contributed by atoms with Gasteiger partial charge >= 0.3 is 0 Å². The Labute approximate surface area is 237 Å². The largest absolute Gasteiger partial charge is 0.477 e. The molecule has 0 spiro atoms. The number of piperidine rings is 1. The second kappa shape index (κ2) is 11.5. The number of likely N-dealkylation sites (tertiary alicyclic amines) is 1. The summed E-state index contributed by atoms with van der Waals surface area (Å²) >= 11 is 0. The molecule has 0 saturated carbocycles. The van der Waals surface area contributed by atoms with Gasteiger partial charge < -0.3 is 14.4 Å². The quantitative estimate of drug-likeness (QED) is 0.487. The van der Waals surface area contributed by atoms with Crippen LogP contribution in [0, 0.1) is 31.6 Å². The molecule has 2 atom stereocenters. The molecule has 1 aromatic heterocycles. The van der Waals surface area contributed by atoms with Crippen LogP contribution in [-0.2, 0) is 21.2 Å². The number of aryl methyl sites for hydroxylation is 2. The number of benzene rings is 2. The van der Waals surface area contributed by atoms with E-state index in [1.165, 1.54) is 0 Å². The predicted molar refractivity (Wildman–Crippen MR) is 155 cm³/mol. The molecule has 4 heterocycles. The number of hydrogen-bond donors (Lipinski definition) is 1. The first-order chi connectivity index (χ1) is 19.3. The number of ether oxygens (including phenoxy) is 2. The van der Waals surface area contributed by atoms with E-state index >= 15 is 0 Å². The maximum Gasteiger partial charge on any atom is 0.264 e. The summed E-state index contributed by atoms with van der Waals surface area (Å²) in [5.74, 6) is 1.76. The van der Waals surface area contributed by atoms with Crippen molar-refractivity contribution in [2.75, 3.05) is 44.2 Å². The van der Waals surface area contributed by atoms with Gasteiger partial charge in [-0.15, -0.1) is 0 Å². The first-order valence-corrected chi connectivity index (χ1v) is 15.8. The maximum atomic E-state index is 13.4. The van der Waals surface area contributed by atoms with E-state index < -0.39 is 10.0 Å². The van der Waals surface area contributed by atoms with Crippen molar-refractivity contribution in [3.05, 3.63) is 65.2 Å². The van der Waals surface area contributed by atoms with E-state index in [0.29, 0.717) is 35.9 Å². The second-order valence-electron chi connectivity index (χ2n) is 11.6. The van der Waals surface area contributed by atoms with Crippen LogP contribution in [0.1, 0.15) is 36.0 Å². The van der Waals surface area contributed by atoms with Crippen molar-refractivity contribution in [3.8, 4) is 17.1 Å². The molecule has 0 aliphatic carbocycles. The minimum absolute atomic E-state index is 0.0149. The van der Waals surface area contributed by atoms with Gasteiger partial charge in [0.05, 0.1) is 17.2 Å². The lowest BCUT2D eigenvalue weighted by atomic mass is 9.81. The van der Waals surface area contributed by atoms with E-state index in [9.17, 15) is 8.42 Å². The molecule has 9 heteroatoms. The van der Waals surface area contributed by atoms with Crippen molar-refractivity contribution in [1.82, 2.24) is 14.9 Å². The Bertz CT molecular complexity index is 1450. The molecule has 6 rings (SSSR count). The van der Waals surface area contributed by atoms with Gasteiger partial charge in [-0.05, 0) is 86.7 Å². The minimum Gasteiger partial charge on any atom is -0.477 e. The zero-order chi connectivity index (χ0) is 27.7. The summed E-state index contributed by atoms with van der Waals surface area (Å²) < 4.78 is 41.4. The van der Waals surface area contributed by atoms with Crippen molar-refractivity contribution in [1.29, 1.82) is 0 Å². The monoisotopic (exact) mass is 562 g/mol. The molecule has 0 radical (unpaired) electrons. The highest BCUT2D eigenvalue weighted by atomic mass is 32.2. The van der Waals surface area contributed by atoms with Crippen LogP contribution in [0.5, 0.6) is 5.88 Å². The van der Waals surface area contributed by atoms with Crippen molar-refractivity contribution in [2.45, 2.75) is 44.4 Å². The summed E-state index contributed by atoms with van der Waals surface area (Å²) in [6.07, 6.45) is 4.12. The van der Waals surface area contributed by atoms with Gasteiger partial charge in [-0.3, -0.25) is 0 Å². The van der Waals surface area contributed by atoms with E-state index in [1.807, 2.05) is 50.2 Å². The third-order valence-electron chi connectivity index (χ3n) is 8.65. The Morgan fingerprint density at radius 3 is 2.55 bits per heavy atom. The molecular formula is C31H38N4O4S. The fraction of sp³-hybridized carbons (Fsp3) is 0.484. The molecule has 2 unspecified atom stereocenters. The van der Waals surface area contributed by atoms with Crippen molar-refractivity contribution in [3.63, 3.8) is 0 Å².